The first kappa shape index (κ1) is 9.30. The van der Waals surface area contributed by atoms with Gasteiger partial charge in [-0.1, -0.05) is 30.3 Å². The molecular weight excluding hydrogens is 196 g/mol. The van der Waals surface area contributed by atoms with Gasteiger partial charge in [0.05, 0.1) is 6.61 Å². The van der Waals surface area contributed by atoms with E-state index in [0.717, 1.165) is 5.56 Å². The lowest BCUT2D eigenvalue weighted by atomic mass is 10.1. The number of aliphatic hydroxyl groups is 1. The van der Waals surface area contributed by atoms with Crippen molar-refractivity contribution in [3.05, 3.63) is 35.9 Å². The van der Waals surface area contributed by atoms with Crippen molar-refractivity contribution < 1.29 is 19.3 Å². The lowest BCUT2D eigenvalue weighted by Gasteiger charge is -2.26. The molecule has 2 heterocycles. The fraction of sp³-hybridized carbons (Fsp3) is 0.455. The maximum Gasteiger partial charge on any atom is 0.192 e. The van der Waals surface area contributed by atoms with Crippen LogP contribution < -0.4 is 0 Å². The molecule has 0 aliphatic carbocycles. The molecule has 80 valence electrons. The lowest BCUT2D eigenvalue weighted by molar-refractivity contribution is -0.230. The molecule has 0 radical (unpaired) electrons. The van der Waals surface area contributed by atoms with E-state index in [1.165, 1.54) is 0 Å². The summed E-state index contributed by atoms with van der Waals surface area (Å²) < 4.78 is 15.9. The predicted molar refractivity (Wildman–Crippen MR) is 50.9 cm³/mol. The number of hydrogen-bond donors (Lipinski definition) is 1. The summed E-state index contributed by atoms with van der Waals surface area (Å²) in [6.07, 6.45) is -0.610. The summed E-state index contributed by atoms with van der Waals surface area (Å²) in [5, 5.41) is 9.23. The number of ether oxygens (including phenoxy) is 3. The van der Waals surface area contributed by atoms with Gasteiger partial charge in [-0.25, -0.2) is 0 Å². The number of benzene rings is 1. The number of rotatable bonds is 4. The Morgan fingerprint density at radius 2 is 2.07 bits per heavy atom. The Morgan fingerprint density at radius 1 is 1.27 bits per heavy atom. The van der Waals surface area contributed by atoms with Crippen LogP contribution in [0.2, 0.25) is 0 Å². The van der Waals surface area contributed by atoms with Crippen molar-refractivity contribution in [2.45, 2.75) is 24.8 Å². The van der Waals surface area contributed by atoms with Gasteiger partial charge in [-0.15, -0.1) is 0 Å². The average molecular weight is 208 g/mol. The van der Waals surface area contributed by atoms with E-state index in [1.54, 1.807) is 0 Å². The van der Waals surface area contributed by atoms with Crippen molar-refractivity contribution in [1.29, 1.82) is 0 Å². The highest BCUT2D eigenvalue weighted by Gasteiger charge is 2.60. The van der Waals surface area contributed by atoms with Gasteiger partial charge in [0.25, 0.3) is 0 Å². The van der Waals surface area contributed by atoms with Gasteiger partial charge in [-0.2, -0.15) is 0 Å². The van der Waals surface area contributed by atoms with Crippen LogP contribution in [0.4, 0.5) is 0 Å². The Balaban J connectivity index is 1.66. The van der Waals surface area contributed by atoms with Gasteiger partial charge in [-0.05, 0) is 5.56 Å². The third-order valence-electron chi connectivity index (χ3n) is 2.65. The second-order valence-electron chi connectivity index (χ2n) is 3.69. The highest BCUT2D eigenvalue weighted by Crippen LogP contribution is 2.42. The Morgan fingerprint density at radius 3 is 2.60 bits per heavy atom. The molecular formula is C11H12O4. The van der Waals surface area contributed by atoms with E-state index in [1.807, 2.05) is 30.3 Å². The molecule has 1 N–H and O–H groups in total. The number of hydrogen-bond acceptors (Lipinski definition) is 4. The third kappa shape index (κ3) is 1.66. The summed E-state index contributed by atoms with van der Waals surface area (Å²) in [7, 11) is 0. The summed E-state index contributed by atoms with van der Waals surface area (Å²) >= 11 is 0. The van der Waals surface area contributed by atoms with Crippen molar-refractivity contribution in [2.24, 2.45) is 0 Å². The molecule has 1 aromatic rings. The van der Waals surface area contributed by atoms with Crippen molar-refractivity contribution in [3.8, 4) is 0 Å². The zero-order chi connectivity index (χ0) is 10.3. The quantitative estimate of drug-likeness (QED) is 0.744. The standard InChI is InChI=1S/C11H12O4/c12-6-8(7-4-2-1-3-5-7)13-10-9-11(14-9)15-10/h1-5,8-12H,6H2. The van der Waals surface area contributed by atoms with Crippen molar-refractivity contribution in [1.82, 2.24) is 0 Å². The van der Waals surface area contributed by atoms with E-state index in [-0.39, 0.29) is 31.4 Å². The molecule has 4 heteroatoms. The molecule has 4 nitrogen and oxygen atoms in total. The highest BCUT2D eigenvalue weighted by atomic mass is 16.9. The molecule has 1 aromatic carbocycles. The minimum atomic E-state index is -0.332. The minimum Gasteiger partial charge on any atom is -0.393 e. The first-order valence-electron chi connectivity index (χ1n) is 5.00. The van der Waals surface area contributed by atoms with Gasteiger partial charge in [0.15, 0.2) is 18.7 Å². The van der Waals surface area contributed by atoms with Crippen LogP contribution in [0.15, 0.2) is 30.3 Å². The van der Waals surface area contributed by atoms with Crippen molar-refractivity contribution in [2.75, 3.05) is 6.61 Å². The second kappa shape index (κ2) is 3.57. The molecule has 2 aliphatic rings. The molecule has 15 heavy (non-hydrogen) atoms. The summed E-state index contributed by atoms with van der Waals surface area (Å²) in [5.41, 5.74) is 0.952. The molecule has 4 unspecified atom stereocenters. The summed E-state index contributed by atoms with van der Waals surface area (Å²) in [5.74, 6) is 0. The van der Waals surface area contributed by atoms with Gasteiger partial charge in [0.1, 0.15) is 6.10 Å². The van der Waals surface area contributed by atoms with Crippen LogP contribution in [0, 0.1) is 0 Å². The van der Waals surface area contributed by atoms with Crippen LogP contribution in [0.1, 0.15) is 11.7 Å². The molecule has 0 amide bonds. The average Bonchev–Trinajstić information content (AvgIpc) is 2.92. The molecule has 2 saturated heterocycles. The smallest absolute Gasteiger partial charge is 0.192 e. The Labute approximate surface area is 87.4 Å². The van der Waals surface area contributed by atoms with Crippen LogP contribution >= 0.6 is 0 Å². The lowest BCUT2D eigenvalue weighted by Crippen LogP contribution is -2.37. The van der Waals surface area contributed by atoms with E-state index in [2.05, 4.69) is 0 Å². The van der Waals surface area contributed by atoms with Gasteiger partial charge < -0.3 is 19.3 Å². The van der Waals surface area contributed by atoms with Gasteiger partial charge >= 0.3 is 0 Å². The molecule has 0 spiro atoms. The van der Waals surface area contributed by atoms with Crippen LogP contribution in [0.25, 0.3) is 0 Å². The molecule has 2 aliphatic heterocycles. The zero-order valence-electron chi connectivity index (χ0n) is 8.08. The van der Waals surface area contributed by atoms with E-state index in [4.69, 9.17) is 14.2 Å². The SMILES string of the molecule is OCC(OC1OC2OC12)c1ccccc1. The fourth-order valence-corrected chi connectivity index (χ4v) is 1.70. The summed E-state index contributed by atoms with van der Waals surface area (Å²) in [6.45, 7) is -0.0543. The molecule has 3 rings (SSSR count). The first-order chi connectivity index (χ1) is 7.38. The highest BCUT2D eigenvalue weighted by molar-refractivity contribution is 5.17. The van der Waals surface area contributed by atoms with E-state index in [9.17, 15) is 5.11 Å². The molecule has 2 fully saturated rings. The third-order valence-corrected chi connectivity index (χ3v) is 2.65. The normalized spacial score (nSPS) is 34.1. The van der Waals surface area contributed by atoms with Crippen LogP contribution in [-0.2, 0) is 14.2 Å². The maximum absolute atomic E-state index is 9.23. The zero-order valence-corrected chi connectivity index (χ0v) is 8.08. The molecule has 0 saturated carbocycles. The minimum absolute atomic E-state index is 0.0508. The number of epoxide rings is 1. The number of aliphatic hydroxyl groups excluding tert-OH is 1. The Kier molecular flexibility index (Phi) is 2.21. The Hall–Kier alpha value is -0.940. The van der Waals surface area contributed by atoms with Gasteiger partial charge in [-0.3, -0.25) is 0 Å². The van der Waals surface area contributed by atoms with Crippen molar-refractivity contribution >= 4 is 0 Å². The van der Waals surface area contributed by atoms with Crippen LogP contribution in [0.3, 0.4) is 0 Å². The molecule has 4 atom stereocenters. The second-order valence-corrected chi connectivity index (χ2v) is 3.69. The van der Waals surface area contributed by atoms with E-state index in [0.29, 0.717) is 0 Å². The summed E-state index contributed by atoms with van der Waals surface area (Å²) in [6, 6.07) is 9.60. The molecule has 0 aromatic heterocycles. The fourth-order valence-electron chi connectivity index (χ4n) is 1.70. The largest absolute Gasteiger partial charge is 0.393 e. The number of fused-ring (bicyclic) bond motifs is 1. The van der Waals surface area contributed by atoms with Crippen LogP contribution in [0.5, 0.6) is 0 Å². The predicted octanol–water partition coefficient (Wildman–Crippen LogP) is 0.818. The summed E-state index contributed by atoms with van der Waals surface area (Å²) in [4.78, 5) is 0. The maximum atomic E-state index is 9.23. The van der Waals surface area contributed by atoms with Gasteiger partial charge in [0.2, 0.25) is 0 Å². The monoisotopic (exact) mass is 208 g/mol. The van der Waals surface area contributed by atoms with Crippen molar-refractivity contribution in [3.63, 3.8) is 0 Å². The van der Waals surface area contributed by atoms with E-state index >= 15 is 0 Å². The van der Waals surface area contributed by atoms with Gasteiger partial charge in [0, 0.05) is 0 Å². The first-order valence-corrected chi connectivity index (χ1v) is 5.00. The van der Waals surface area contributed by atoms with Crippen LogP contribution in [-0.4, -0.2) is 30.4 Å². The topological polar surface area (TPSA) is 51.2 Å². The Bertz CT molecular complexity index is 340. The van der Waals surface area contributed by atoms with E-state index < -0.39 is 0 Å². The molecule has 0 bridgehead atoms.